The molecule has 2 N–H and O–H groups in total. The van der Waals surface area contributed by atoms with E-state index in [9.17, 15) is 4.79 Å². The van der Waals surface area contributed by atoms with Gasteiger partial charge in [-0.05, 0) is 30.7 Å². The molecule has 138 valence electrons. The minimum atomic E-state index is -0.271. The number of hydrogen-bond donors (Lipinski definition) is 2. The number of carbonyl (C=O) groups excluding carboxylic acids is 1. The minimum absolute atomic E-state index is 0.0498. The lowest BCUT2D eigenvalue weighted by atomic mass is 10.1. The Balaban J connectivity index is 1.71. The predicted molar refractivity (Wildman–Crippen MR) is 96.5 cm³/mol. The molecule has 1 aliphatic rings. The summed E-state index contributed by atoms with van der Waals surface area (Å²) in [5, 5.41) is 11.9. The first kappa shape index (κ1) is 18.4. The van der Waals surface area contributed by atoms with Crippen LogP contribution in [0.25, 0.3) is 0 Å². The smallest absolute Gasteiger partial charge is 0.255 e. The third-order valence-corrected chi connectivity index (χ3v) is 4.14. The van der Waals surface area contributed by atoms with Crippen molar-refractivity contribution < 1.29 is 24.1 Å². The summed E-state index contributed by atoms with van der Waals surface area (Å²) in [7, 11) is 0. The van der Waals surface area contributed by atoms with Gasteiger partial charge in [0.15, 0.2) is 0 Å². The molecule has 1 aliphatic heterocycles. The number of aliphatic hydroxyl groups excluding tert-OH is 1. The van der Waals surface area contributed by atoms with Crippen LogP contribution in [0.4, 0.5) is 0 Å². The van der Waals surface area contributed by atoms with Gasteiger partial charge in [-0.15, -0.1) is 0 Å². The van der Waals surface area contributed by atoms with Gasteiger partial charge in [0, 0.05) is 6.61 Å². The summed E-state index contributed by atoms with van der Waals surface area (Å²) in [5.41, 5.74) is 0.447. The minimum Gasteiger partial charge on any atom is -0.457 e. The molecule has 0 spiro atoms. The average Bonchev–Trinajstić information content (AvgIpc) is 2.68. The van der Waals surface area contributed by atoms with Crippen LogP contribution in [-0.4, -0.2) is 49.6 Å². The van der Waals surface area contributed by atoms with E-state index in [0.717, 1.165) is 0 Å². The first-order valence-corrected chi connectivity index (χ1v) is 8.71. The molecular weight excluding hydrogens is 334 g/mol. The molecule has 1 amide bonds. The molecule has 2 aromatic carbocycles. The summed E-state index contributed by atoms with van der Waals surface area (Å²) in [6.45, 7) is 1.15. The van der Waals surface area contributed by atoms with E-state index in [0.29, 0.717) is 36.7 Å². The van der Waals surface area contributed by atoms with Gasteiger partial charge < -0.3 is 24.6 Å². The number of benzene rings is 2. The Kier molecular flexibility index (Phi) is 6.60. The second-order valence-electron chi connectivity index (χ2n) is 5.99. The van der Waals surface area contributed by atoms with Crippen LogP contribution in [0.2, 0.25) is 0 Å². The Bertz CT molecular complexity index is 706. The van der Waals surface area contributed by atoms with Crippen molar-refractivity contribution in [2.24, 2.45) is 0 Å². The zero-order valence-electron chi connectivity index (χ0n) is 14.5. The zero-order valence-corrected chi connectivity index (χ0v) is 14.5. The Morgan fingerprint density at radius 3 is 2.73 bits per heavy atom. The van der Waals surface area contributed by atoms with Gasteiger partial charge in [-0.3, -0.25) is 4.79 Å². The molecule has 0 radical (unpaired) electrons. The van der Waals surface area contributed by atoms with Gasteiger partial charge >= 0.3 is 0 Å². The summed E-state index contributed by atoms with van der Waals surface area (Å²) in [6, 6.07) is 16.2. The highest BCUT2D eigenvalue weighted by atomic mass is 16.5. The fourth-order valence-corrected chi connectivity index (χ4v) is 2.86. The second kappa shape index (κ2) is 9.33. The van der Waals surface area contributed by atoms with Gasteiger partial charge in [0.2, 0.25) is 0 Å². The second-order valence-corrected chi connectivity index (χ2v) is 5.99. The summed E-state index contributed by atoms with van der Waals surface area (Å²) in [4.78, 5) is 12.8. The highest BCUT2D eigenvalue weighted by Gasteiger charge is 2.28. The van der Waals surface area contributed by atoms with Gasteiger partial charge in [0.1, 0.15) is 11.5 Å². The molecule has 1 saturated heterocycles. The molecule has 6 nitrogen and oxygen atoms in total. The summed E-state index contributed by atoms with van der Waals surface area (Å²) in [6.07, 6.45) is 0.495. The van der Waals surface area contributed by atoms with E-state index < -0.39 is 0 Å². The van der Waals surface area contributed by atoms with E-state index >= 15 is 0 Å². The van der Waals surface area contributed by atoms with Gasteiger partial charge in [-0.1, -0.05) is 30.3 Å². The molecule has 2 atom stereocenters. The lowest BCUT2D eigenvalue weighted by molar-refractivity contribution is -0.0612. The lowest BCUT2D eigenvalue weighted by Crippen LogP contribution is -2.50. The van der Waals surface area contributed by atoms with E-state index in [1.807, 2.05) is 36.4 Å². The van der Waals surface area contributed by atoms with E-state index in [-0.39, 0.29) is 31.3 Å². The van der Waals surface area contributed by atoms with Crippen molar-refractivity contribution in [3.05, 3.63) is 60.2 Å². The van der Waals surface area contributed by atoms with Gasteiger partial charge in [-0.25, -0.2) is 0 Å². The Morgan fingerprint density at radius 1 is 1.15 bits per heavy atom. The normalized spacial score (nSPS) is 19.7. The maximum Gasteiger partial charge on any atom is 0.255 e. The molecule has 0 aliphatic carbocycles. The fraction of sp³-hybridized carbons (Fsp3) is 0.350. The molecule has 26 heavy (non-hydrogen) atoms. The number of hydrogen-bond acceptors (Lipinski definition) is 5. The molecule has 6 heteroatoms. The van der Waals surface area contributed by atoms with Crippen molar-refractivity contribution in [1.29, 1.82) is 0 Å². The molecule has 2 aromatic rings. The molecule has 0 aromatic heterocycles. The van der Waals surface area contributed by atoms with Crippen LogP contribution in [0, 0.1) is 0 Å². The number of nitrogens with one attached hydrogen (secondary N) is 1. The molecule has 0 saturated carbocycles. The summed E-state index contributed by atoms with van der Waals surface area (Å²) in [5.74, 6) is 0.906. The molecule has 1 heterocycles. The Hall–Kier alpha value is -2.41. The van der Waals surface area contributed by atoms with Crippen LogP contribution in [0.1, 0.15) is 16.8 Å². The van der Waals surface area contributed by atoms with E-state index in [4.69, 9.17) is 19.3 Å². The molecule has 1 fully saturated rings. The first-order chi connectivity index (χ1) is 12.8. The maximum absolute atomic E-state index is 12.8. The summed E-state index contributed by atoms with van der Waals surface area (Å²) < 4.78 is 17.0. The average molecular weight is 357 g/mol. The molecule has 0 unspecified atom stereocenters. The van der Waals surface area contributed by atoms with Crippen molar-refractivity contribution in [3.8, 4) is 11.5 Å². The van der Waals surface area contributed by atoms with Gasteiger partial charge in [0.25, 0.3) is 5.91 Å². The Labute approximate surface area is 152 Å². The van der Waals surface area contributed by atoms with Gasteiger partial charge in [0.05, 0.1) is 37.5 Å². The number of ether oxygens (including phenoxy) is 3. The highest BCUT2D eigenvalue weighted by Crippen LogP contribution is 2.25. The number of amides is 1. The number of rotatable bonds is 7. The predicted octanol–water partition coefficient (Wildman–Crippen LogP) is 2.38. The fourth-order valence-electron chi connectivity index (χ4n) is 2.86. The standard InChI is InChI=1S/C20H23NO5/c22-11-13-25-19-10-12-24-14-17(19)21-20(23)16-8-4-5-9-18(16)26-15-6-2-1-3-7-15/h1-9,17,19,22H,10-14H2,(H,21,23)/t17-,19+/m0/s1. The molecule has 3 rings (SSSR count). The van der Waals surface area contributed by atoms with Crippen molar-refractivity contribution in [2.45, 2.75) is 18.6 Å². The first-order valence-electron chi connectivity index (χ1n) is 8.71. The Morgan fingerprint density at radius 2 is 1.92 bits per heavy atom. The van der Waals surface area contributed by atoms with Crippen molar-refractivity contribution in [1.82, 2.24) is 5.32 Å². The SMILES string of the molecule is O=C(N[C@H]1COCC[C@H]1OCCO)c1ccccc1Oc1ccccc1. The third kappa shape index (κ3) is 4.82. The number of carbonyl (C=O) groups is 1. The maximum atomic E-state index is 12.8. The van der Waals surface area contributed by atoms with Crippen LogP contribution >= 0.6 is 0 Å². The van der Waals surface area contributed by atoms with Crippen molar-refractivity contribution in [3.63, 3.8) is 0 Å². The molecular formula is C20H23NO5. The number of para-hydroxylation sites is 2. The topological polar surface area (TPSA) is 77.0 Å². The monoisotopic (exact) mass is 357 g/mol. The largest absolute Gasteiger partial charge is 0.457 e. The number of aliphatic hydroxyl groups is 1. The van der Waals surface area contributed by atoms with Crippen LogP contribution in [0.5, 0.6) is 11.5 Å². The molecule has 0 bridgehead atoms. The lowest BCUT2D eigenvalue weighted by Gasteiger charge is -2.32. The highest BCUT2D eigenvalue weighted by molar-refractivity contribution is 5.97. The third-order valence-electron chi connectivity index (χ3n) is 4.14. The van der Waals surface area contributed by atoms with Crippen molar-refractivity contribution >= 4 is 5.91 Å². The van der Waals surface area contributed by atoms with Crippen LogP contribution in [-0.2, 0) is 9.47 Å². The van der Waals surface area contributed by atoms with Crippen LogP contribution < -0.4 is 10.1 Å². The van der Waals surface area contributed by atoms with Gasteiger partial charge in [-0.2, -0.15) is 0 Å². The quantitative estimate of drug-likeness (QED) is 0.796. The zero-order chi connectivity index (χ0) is 18.2. The van der Waals surface area contributed by atoms with E-state index in [1.165, 1.54) is 0 Å². The van der Waals surface area contributed by atoms with E-state index in [2.05, 4.69) is 5.32 Å². The van der Waals surface area contributed by atoms with Crippen LogP contribution in [0.15, 0.2) is 54.6 Å². The summed E-state index contributed by atoms with van der Waals surface area (Å²) >= 11 is 0. The van der Waals surface area contributed by atoms with E-state index in [1.54, 1.807) is 18.2 Å². The van der Waals surface area contributed by atoms with Crippen molar-refractivity contribution in [2.75, 3.05) is 26.4 Å². The van der Waals surface area contributed by atoms with Crippen LogP contribution in [0.3, 0.4) is 0 Å².